The Hall–Kier alpha value is -1.55. The van der Waals surface area contributed by atoms with Crippen molar-refractivity contribution in [3.8, 4) is 0 Å². The third kappa shape index (κ3) is 2.82. The molecule has 2 N–H and O–H groups in total. The molecule has 0 aromatic heterocycles. The molecule has 0 atom stereocenters. The zero-order chi connectivity index (χ0) is 13.1. The van der Waals surface area contributed by atoms with Gasteiger partial charge in [0.25, 0.3) is 5.91 Å². The lowest BCUT2D eigenvalue weighted by atomic mass is 10.1. The summed E-state index contributed by atoms with van der Waals surface area (Å²) in [5.41, 5.74) is 8.19. The van der Waals surface area contributed by atoms with Gasteiger partial charge in [0.05, 0.1) is 5.56 Å². The van der Waals surface area contributed by atoms with Crippen LogP contribution in [0.3, 0.4) is 0 Å². The van der Waals surface area contributed by atoms with Gasteiger partial charge in [0.1, 0.15) is 0 Å². The van der Waals surface area contributed by atoms with Crippen LogP contribution in [-0.4, -0.2) is 48.9 Å². The lowest BCUT2D eigenvalue weighted by Gasteiger charge is -2.21. The van der Waals surface area contributed by atoms with Crippen molar-refractivity contribution < 1.29 is 4.79 Å². The normalized spacial score (nSPS) is 17.6. The fourth-order valence-electron chi connectivity index (χ4n) is 2.28. The Balaban J connectivity index is 2.17. The number of amides is 1. The van der Waals surface area contributed by atoms with Gasteiger partial charge in [-0.3, -0.25) is 4.79 Å². The van der Waals surface area contributed by atoms with E-state index in [0.717, 1.165) is 38.2 Å². The van der Waals surface area contributed by atoms with Crippen molar-refractivity contribution in [2.75, 3.05) is 39.0 Å². The lowest BCUT2D eigenvalue weighted by molar-refractivity contribution is 0.0764. The minimum atomic E-state index is 0.0616. The molecule has 0 radical (unpaired) electrons. The summed E-state index contributed by atoms with van der Waals surface area (Å²) >= 11 is 0. The van der Waals surface area contributed by atoms with Crippen LogP contribution in [0.4, 0.5) is 5.69 Å². The highest BCUT2D eigenvalue weighted by atomic mass is 16.2. The molecule has 0 spiro atoms. The van der Waals surface area contributed by atoms with Crippen LogP contribution < -0.4 is 5.73 Å². The molecule has 18 heavy (non-hydrogen) atoms. The first-order valence-electron chi connectivity index (χ1n) is 6.42. The van der Waals surface area contributed by atoms with Gasteiger partial charge in [-0.2, -0.15) is 0 Å². The molecule has 4 nitrogen and oxygen atoms in total. The fourth-order valence-corrected chi connectivity index (χ4v) is 2.28. The largest absolute Gasteiger partial charge is 0.398 e. The van der Waals surface area contributed by atoms with Crippen molar-refractivity contribution in [3.63, 3.8) is 0 Å². The van der Waals surface area contributed by atoms with Crippen LogP contribution >= 0.6 is 0 Å². The minimum absolute atomic E-state index is 0.0616. The molecule has 0 aliphatic carbocycles. The molecule has 1 saturated heterocycles. The first-order valence-corrected chi connectivity index (χ1v) is 6.42. The second-order valence-electron chi connectivity index (χ2n) is 5.04. The summed E-state index contributed by atoms with van der Waals surface area (Å²) < 4.78 is 0. The molecule has 1 aromatic rings. The Labute approximate surface area is 108 Å². The number of hydrogen-bond acceptors (Lipinski definition) is 3. The molecular formula is C14H21N3O. The Morgan fingerprint density at radius 3 is 2.78 bits per heavy atom. The third-order valence-corrected chi connectivity index (χ3v) is 3.45. The average Bonchev–Trinajstić information content (AvgIpc) is 2.56. The Bertz CT molecular complexity index is 445. The summed E-state index contributed by atoms with van der Waals surface area (Å²) in [6.45, 7) is 5.55. The van der Waals surface area contributed by atoms with E-state index in [-0.39, 0.29) is 5.91 Å². The highest BCUT2D eigenvalue weighted by Crippen LogP contribution is 2.17. The van der Waals surface area contributed by atoms with Gasteiger partial charge in [-0.15, -0.1) is 0 Å². The number of nitrogen functional groups attached to an aromatic ring is 1. The number of carbonyl (C=O) groups excluding carboxylic acids is 1. The van der Waals surface area contributed by atoms with Crippen molar-refractivity contribution in [2.24, 2.45) is 0 Å². The lowest BCUT2D eigenvalue weighted by Crippen LogP contribution is -2.34. The monoisotopic (exact) mass is 247 g/mol. The molecule has 0 bridgehead atoms. The predicted molar refractivity (Wildman–Crippen MR) is 73.6 cm³/mol. The first-order chi connectivity index (χ1) is 8.58. The molecule has 0 saturated carbocycles. The topological polar surface area (TPSA) is 49.6 Å². The van der Waals surface area contributed by atoms with Crippen molar-refractivity contribution in [1.82, 2.24) is 9.80 Å². The number of aryl methyl sites for hydroxylation is 1. The van der Waals surface area contributed by atoms with Crippen LogP contribution in [0.5, 0.6) is 0 Å². The van der Waals surface area contributed by atoms with E-state index >= 15 is 0 Å². The maximum Gasteiger partial charge on any atom is 0.255 e. The fraction of sp³-hybridized carbons (Fsp3) is 0.500. The van der Waals surface area contributed by atoms with Crippen LogP contribution in [0.25, 0.3) is 0 Å². The summed E-state index contributed by atoms with van der Waals surface area (Å²) in [6, 6.07) is 5.63. The average molecular weight is 247 g/mol. The van der Waals surface area contributed by atoms with Gasteiger partial charge in [-0.05, 0) is 39.1 Å². The smallest absolute Gasteiger partial charge is 0.255 e. The van der Waals surface area contributed by atoms with Gasteiger partial charge in [-0.25, -0.2) is 0 Å². The zero-order valence-electron chi connectivity index (χ0n) is 11.1. The summed E-state index contributed by atoms with van der Waals surface area (Å²) in [4.78, 5) is 16.6. The van der Waals surface area contributed by atoms with Crippen molar-refractivity contribution in [3.05, 3.63) is 29.3 Å². The van der Waals surface area contributed by atoms with Gasteiger partial charge in [0.15, 0.2) is 0 Å². The van der Waals surface area contributed by atoms with E-state index in [0.29, 0.717) is 11.3 Å². The molecule has 2 rings (SSSR count). The van der Waals surface area contributed by atoms with Crippen LogP contribution in [0.2, 0.25) is 0 Å². The van der Waals surface area contributed by atoms with E-state index in [1.165, 1.54) is 0 Å². The number of benzene rings is 1. The second kappa shape index (κ2) is 5.40. The van der Waals surface area contributed by atoms with Crippen LogP contribution in [0.1, 0.15) is 22.3 Å². The van der Waals surface area contributed by atoms with E-state index in [2.05, 4.69) is 11.9 Å². The van der Waals surface area contributed by atoms with Crippen LogP contribution in [-0.2, 0) is 0 Å². The molecule has 1 amide bonds. The second-order valence-corrected chi connectivity index (χ2v) is 5.04. The third-order valence-electron chi connectivity index (χ3n) is 3.45. The van der Waals surface area contributed by atoms with Crippen molar-refractivity contribution in [2.45, 2.75) is 13.3 Å². The number of hydrogen-bond donors (Lipinski definition) is 1. The summed E-state index contributed by atoms with van der Waals surface area (Å²) in [6.07, 6.45) is 1.02. The number of carbonyl (C=O) groups is 1. The van der Waals surface area contributed by atoms with E-state index in [1.807, 2.05) is 30.0 Å². The van der Waals surface area contributed by atoms with Crippen LogP contribution in [0.15, 0.2) is 18.2 Å². The van der Waals surface area contributed by atoms with Gasteiger partial charge >= 0.3 is 0 Å². The van der Waals surface area contributed by atoms with Crippen molar-refractivity contribution in [1.29, 1.82) is 0 Å². The van der Waals surface area contributed by atoms with Gasteiger partial charge in [0, 0.05) is 25.3 Å². The molecule has 1 aromatic carbocycles. The minimum Gasteiger partial charge on any atom is -0.398 e. The summed E-state index contributed by atoms with van der Waals surface area (Å²) in [5.74, 6) is 0.0616. The molecule has 0 unspecified atom stereocenters. The van der Waals surface area contributed by atoms with Gasteiger partial charge in [0.2, 0.25) is 0 Å². The number of anilines is 1. The Kier molecular flexibility index (Phi) is 3.87. The molecule has 4 heteroatoms. The maximum atomic E-state index is 12.5. The van der Waals surface area contributed by atoms with E-state index < -0.39 is 0 Å². The highest BCUT2D eigenvalue weighted by Gasteiger charge is 2.20. The zero-order valence-corrected chi connectivity index (χ0v) is 11.1. The van der Waals surface area contributed by atoms with E-state index in [9.17, 15) is 4.79 Å². The predicted octanol–water partition coefficient (Wildman–Crippen LogP) is 1.35. The molecule has 1 aliphatic rings. The van der Waals surface area contributed by atoms with Crippen LogP contribution in [0, 0.1) is 6.92 Å². The number of rotatable bonds is 1. The Morgan fingerprint density at radius 1 is 1.22 bits per heavy atom. The van der Waals surface area contributed by atoms with Crippen molar-refractivity contribution >= 4 is 11.6 Å². The standard InChI is InChI=1S/C14H21N3O/c1-11-4-5-13(15)12(10-11)14(18)17-7-3-6-16(2)8-9-17/h4-5,10H,3,6-9,15H2,1-2H3. The summed E-state index contributed by atoms with van der Waals surface area (Å²) in [5, 5.41) is 0. The number of nitrogens with zero attached hydrogens (tertiary/aromatic N) is 2. The quantitative estimate of drug-likeness (QED) is 0.762. The highest BCUT2D eigenvalue weighted by molar-refractivity contribution is 5.99. The van der Waals surface area contributed by atoms with E-state index in [1.54, 1.807) is 0 Å². The number of nitrogens with two attached hydrogens (primary N) is 1. The van der Waals surface area contributed by atoms with Gasteiger partial charge in [-0.1, -0.05) is 11.6 Å². The Morgan fingerprint density at radius 2 is 2.00 bits per heavy atom. The molecule has 1 fully saturated rings. The maximum absolute atomic E-state index is 12.5. The van der Waals surface area contributed by atoms with Gasteiger partial charge < -0.3 is 15.5 Å². The van der Waals surface area contributed by atoms with E-state index in [4.69, 9.17) is 5.73 Å². The number of likely N-dealkylation sites (N-methyl/N-ethyl adjacent to an activating group) is 1. The SMILES string of the molecule is Cc1ccc(N)c(C(=O)N2CCCN(C)CC2)c1. The molecular weight excluding hydrogens is 226 g/mol. The summed E-state index contributed by atoms with van der Waals surface area (Å²) in [7, 11) is 2.09. The molecule has 1 heterocycles. The molecule has 98 valence electrons. The first kappa shape index (κ1) is 12.9. The molecule has 1 aliphatic heterocycles.